The summed E-state index contributed by atoms with van der Waals surface area (Å²) in [5.41, 5.74) is 2.98. The third-order valence-electron chi connectivity index (χ3n) is 3.76. The van der Waals surface area contributed by atoms with Crippen molar-refractivity contribution < 1.29 is 9.59 Å². The van der Waals surface area contributed by atoms with E-state index in [2.05, 4.69) is 19.2 Å². The molecule has 0 saturated carbocycles. The van der Waals surface area contributed by atoms with Crippen molar-refractivity contribution in [3.05, 3.63) is 34.9 Å². The third-order valence-corrected chi connectivity index (χ3v) is 3.76. The Hall–Kier alpha value is -1.64. The molecule has 0 fully saturated rings. The molecule has 0 radical (unpaired) electrons. The first-order valence-corrected chi connectivity index (χ1v) is 7.37. The molecule has 0 aliphatic heterocycles. The summed E-state index contributed by atoms with van der Waals surface area (Å²) in [4.78, 5) is 23.8. The first kappa shape index (κ1) is 16.4. The Morgan fingerprint density at radius 3 is 2.25 bits per heavy atom. The van der Waals surface area contributed by atoms with Gasteiger partial charge in [-0.3, -0.25) is 9.59 Å². The summed E-state index contributed by atoms with van der Waals surface area (Å²) < 4.78 is 0. The zero-order chi connectivity index (χ0) is 15.1. The van der Waals surface area contributed by atoms with Gasteiger partial charge in [0.05, 0.1) is 0 Å². The monoisotopic (exact) mass is 275 g/mol. The largest absolute Gasteiger partial charge is 0.353 e. The smallest absolute Gasteiger partial charge is 0.220 e. The van der Waals surface area contributed by atoms with Crippen LogP contribution in [0.4, 0.5) is 0 Å². The van der Waals surface area contributed by atoms with Gasteiger partial charge in [-0.15, -0.1) is 0 Å². The number of carbonyl (C=O) groups is 2. The minimum Gasteiger partial charge on any atom is -0.353 e. The van der Waals surface area contributed by atoms with E-state index >= 15 is 0 Å². The van der Waals surface area contributed by atoms with Crippen molar-refractivity contribution in [2.24, 2.45) is 0 Å². The van der Waals surface area contributed by atoms with Crippen molar-refractivity contribution in [1.29, 1.82) is 0 Å². The number of aryl methyl sites for hydroxylation is 2. The van der Waals surface area contributed by atoms with Crippen LogP contribution in [0.25, 0.3) is 0 Å². The molecule has 0 aliphatic rings. The van der Waals surface area contributed by atoms with E-state index < -0.39 is 0 Å². The van der Waals surface area contributed by atoms with Gasteiger partial charge in [0.2, 0.25) is 5.91 Å². The number of Topliss-reactive ketones (excluding diaryl/α,β-unsaturated/α-hetero) is 1. The van der Waals surface area contributed by atoms with Gasteiger partial charge >= 0.3 is 0 Å². The molecule has 0 aromatic heterocycles. The Labute approximate surface area is 121 Å². The highest BCUT2D eigenvalue weighted by Crippen LogP contribution is 2.12. The van der Waals surface area contributed by atoms with Crippen LogP contribution in [0.2, 0.25) is 0 Å². The number of ketones is 1. The van der Waals surface area contributed by atoms with Gasteiger partial charge in [-0.1, -0.05) is 26.0 Å². The molecule has 1 aromatic rings. The van der Waals surface area contributed by atoms with Crippen molar-refractivity contribution in [2.45, 2.75) is 59.4 Å². The average molecular weight is 275 g/mol. The van der Waals surface area contributed by atoms with Gasteiger partial charge in [-0.25, -0.2) is 0 Å². The summed E-state index contributed by atoms with van der Waals surface area (Å²) in [5.74, 6) is 0.00341. The zero-order valence-electron chi connectivity index (χ0n) is 13.0. The van der Waals surface area contributed by atoms with E-state index in [9.17, 15) is 9.59 Å². The van der Waals surface area contributed by atoms with Gasteiger partial charge in [0.1, 0.15) is 0 Å². The lowest BCUT2D eigenvalue weighted by molar-refractivity contribution is -0.121. The molecule has 3 heteroatoms. The molecule has 0 bridgehead atoms. The molecule has 0 spiro atoms. The van der Waals surface area contributed by atoms with Crippen molar-refractivity contribution >= 4 is 11.7 Å². The Morgan fingerprint density at radius 2 is 1.70 bits per heavy atom. The molecule has 1 rings (SSSR count). The molecule has 0 atom stereocenters. The Bertz CT molecular complexity index is 476. The van der Waals surface area contributed by atoms with E-state index in [-0.39, 0.29) is 30.6 Å². The lowest BCUT2D eigenvalue weighted by Gasteiger charge is -2.14. The minimum absolute atomic E-state index is 0.0316. The fourth-order valence-electron chi connectivity index (χ4n) is 2.08. The summed E-state index contributed by atoms with van der Waals surface area (Å²) in [7, 11) is 0. The van der Waals surface area contributed by atoms with E-state index in [0.717, 1.165) is 18.4 Å². The van der Waals surface area contributed by atoms with Gasteiger partial charge < -0.3 is 5.32 Å². The second-order valence-electron chi connectivity index (χ2n) is 5.30. The van der Waals surface area contributed by atoms with Gasteiger partial charge in [-0.2, -0.15) is 0 Å². The maximum Gasteiger partial charge on any atom is 0.220 e. The number of rotatable bonds is 7. The number of benzene rings is 1. The first-order valence-electron chi connectivity index (χ1n) is 7.37. The number of hydrogen-bond donors (Lipinski definition) is 1. The highest BCUT2D eigenvalue weighted by molar-refractivity contribution is 5.98. The van der Waals surface area contributed by atoms with Gasteiger partial charge in [0, 0.05) is 24.4 Å². The quantitative estimate of drug-likeness (QED) is 0.773. The standard InChI is InChI=1S/C17H25NO2/c1-5-15(6-2)18-17(20)10-9-16(19)14-8-7-12(3)13(4)11-14/h7-8,11,15H,5-6,9-10H2,1-4H3,(H,18,20). The van der Waals surface area contributed by atoms with Crippen LogP contribution >= 0.6 is 0 Å². The summed E-state index contributed by atoms with van der Waals surface area (Å²) >= 11 is 0. The highest BCUT2D eigenvalue weighted by Gasteiger charge is 2.12. The average Bonchev–Trinajstić information content (AvgIpc) is 2.45. The molecule has 0 saturated heterocycles. The van der Waals surface area contributed by atoms with Crippen LogP contribution in [0.15, 0.2) is 18.2 Å². The highest BCUT2D eigenvalue weighted by atomic mass is 16.2. The summed E-state index contributed by atoms with van der Waals surface area (Å²) in [6, 6.07) is 5.91. The van der Waals surface area contributed by atoms with Gasteiger partial charge in [0.15, 0.2) is 5.78 Å². The van der Waals surface area contributed by atoms with E-state index in [0.29, 0.717) is 5.56 Å². The van der Waals surface area contributed by atoms with Crippen LogP contribution in [0.5, 0.6) is 0 Å². The number of amides is 1. The predicted molar refractivity (Wildman–Crippen MR) is 82.0 cm³/mol. The molecule has 0 unspecified atom stereocenters. The SMILES string of the molecule is CCC(CC)NC(=O)CCC(=O)c1ccc(C)c(C)c1. The van der Waals surface area contributed by atoms with Crippen molar-refractivity contribution in [3.8, 4) is 0 Å². The molecule has 110 valence electrons. The number of nitrogens with one attached hydrogen (secondary N) is 1. The normalized spacial score (nSPS) is 10.7. The summed E-state index contributed by atoms with van der Waals surface area (Å²) in [6.45, 7) is 8.11. The fourth-order valence-corrected chi connectivity index (χ4v) is 2.08. The van der Waals surface area contributed by atoms with Crippen LogP contribution in [0.3, 0.4) is 0 Å². The molecular formula is C17H25NO2. The Kier molecular flexibility index (Phi) is 6.43. The second-order valence-corrected chi connectivity index (χ2v) is 5.30. The topological polar surface area (TPSA) is 46.2 Å². The van der Waals surface area contributed by atoms with Crippen molar-refractivity contribution in [1.82, 2.24) is 5.32 Å². The van der Waals surface area contributed by atoms with Gasteiger partial charge in [-0.05, 0) is 43.9 Å². The summed E-state index contributed by atoms with van der Waals surface area (Å²) in [5, 5.41) is 2.95. The number of hydrogen-bond acceptors (Lipinski definition) is 2. The minimum atomic E-state index is -0.0316. The van der Waals surface area contributed by atoms with E-state index in [1.807, 2.05) is 32.0 Å². The second kappa shape index (κ2) is 7.83. The summed E-state index contributed by atoms with van der Waals surface area (Å²) in [6.07, 6.45) is 2.39. The van der Waals surface area contributed by atoms with Crippen LogP contribution in [-0.4, -0.2) is 17.7 Å². The number of carbonyl (C=O) groups excluding carboxylic acids is 2. The Balaban J connectivity index is 2.50. The van der Waals surface area contributed by atoms with Crippen LogP contribution < -0.4 is 5.32 Å². The van der Waals surface area contributed by atoms with E-state index in [1.165, 1.54) is 5.56 Å². The molecule has 1 aromatic carbocycles. The van der Waals surface area contributed by atoms with Crippen molar-refractivity contribution in [3.63, 3.8) is 0 Å². The Morgan fingerprint density at radius 1 is 1.05 bits per heavy atom. The van der Waals surface area contributed by atoms with E-state index in [1.54, 1.807) is 0 Å². The first-order chi connectivity index (χ1) is 9.47. The van der Waals surface area contributed by atoms with Crippen molar-refractivity contribution in [2.75, 3.05) is 0 Å². The van der Waals surface area contributed by atoms with Crippen LogP contribution in [0, 0.1) is 13.8 Å². The third kappa shape index (κ3) is 4.80. The molecule has 0 aliphatic carbocycles. The molecule has 20 heavy (non-hydrogen) atoms. The van der Waals surface area contributed by atoms with E-state index in [4.69, 9.17) is 0 Å². The maximum atomic E-state index is 12.1. The lowest BCUT2D eigenvalue weighted by Crippen LogP contribution is -2.33. The molecule has 3 nitrogen and oxygen atoms in total. The fraction of sp³-hybridized carbons (Fsp3) is 0.529. The van der Waals surface area contributed by atoms with Crippen LogP contribution in [-0.2, 0) is 4.79 Å². The molecule has 0 heterocycles. The van der Waals surface area contributed by atoms with Crippen LogP contribution in [0.1, 0.15) is 61.0 Å². The lowest BCUT2D eigenvalue weighted by atomic mass is 10.0. The molecular weight excluding hydrogens is 250 g/mol. The van der Waals surface area contributed by atoms with Gasteiger partial charge in [0.25, 0.3) is 0 Å². The molecule has 1 N–H and O–H groups in total. The zero-order valence-corrected chi connectivity index (χ0v) is 13.0. The maximum absolute atomic E-state index is 12.1. The predicted octanol–water partition coefficient (Wildman–Crippen LogP) is 3.57. The molecule has 1 amide bonds.